The molecule has 25 heavy (non-hydrogen) atoms. The zero-order valence-corrected chi connectivity index (χ0v) is 15.1. The molecular formula is C20H24O5. The van der Waals surface area contributed by atoms with Crippen molar-refractivity contribution in [2.75, 3.05) is 27.9 Å². The third-order valence-electron chi connectivity index (χ3n) is 4.60. The van der Waals surface area contributed by atoms with Crippen molar-refractivity contribution >= 4 is 0 Å². The molecule has 0 radical (unpaired) electrons. The molecule has 1 atom stereocenters. The van der Waals surface area contributed by atoms with Crippen LogP contribution in [0, 0.1) is 0 Å². The second-order valence-electron chi connectivity index (χ2n) is 6.09. The molecule has 0 fully saturated rings. The van der Waals surface area contributed by atoms with Gasteiger partial charge in [-0.15, -0.1) is 0 Å². The number of hydrogen-bond acceptors (Lipinski definition) is 5. The molecule has 1 N–H and O–H groups in total. The van der Waals surface area contributed by atoms with E-state index in [1.54, 1.807) is 27.4 Å². The monoisotopic (exact) mass is 344 g/mol. The highest BCUT2D eigenvalue weighted by atomic mass is 16.5. The van der Waals surface area contributed by atoms with Crippen LogP contribution in [0.25, 0.3) is 0 Å². The van der Waals surface area contributed by atoms with Crippen LogP contribution in [0.5, 0.6) is 28.7 Å². The molecular weight excluding hydrogens is 320 g/mol. The maximum Gasteiger partial charge on any atom is 0.203 e. The number of ether oxygens (including phenoxy) is 4. The van der Waals surface area contributed by atoms with E-state index in [-0.39, 0.29) is 5.92 Å². The van der Waals surface area contributed by atoms with E-state index >= 15 is 0 Å². The fourth-order valence-corrected chi connectivity index (χ4v) is 3.34. The van der Waals surface area contributed by atoms with Gasteiger partial charge in [-0.05, 0) is 35.7 Å². The number of phenolic OH excluding ortho intramolecular Hbond substituents is 1. The van der Waals surface area contributed by atoms with Crippen molar-refractivity contribution in [2.24, 2.45) is 0 Å². The summed E-state index contributed by atoms with van der Waals surface area (Å²) >= 11 is 0. The Kier molecular flexibility index (Phi) is 4.93. The highest BCUT2D eigenvalue weighted by Crippen LogP contribution is 2.46. The van der Waals surface area contributed by atoms with Crippen molar-refractivity contribution in [3.8, 4) is 28.7 Å². The summed E-state index contributed by atoms with van der Waals surface area (Å²) in [4.78, 5) is 0. The standard InChI is InChI=1S/C20H24O5/c1-5-6-12-7-14-15(11-25-17(14)10-16(12)21)13-8-18(22-2)20(24-4)19(9-13)23-3/h7-10,15,21H,5-6,11H2,1-4H3. The van der Waals surface area contributed by atoms with Crippen molar-refractivity contribution in [3.63, 3.8) is 0 Å². The molecule has 1 unspecified atom stereocenters. The Morgan fingerprint density at radius 3 is 2.28 bits per heavy atom. The molecule has 0 bridgehead atoms. The third kappa shape index (κ3) is 3.06. The fraction of sp³-hybridized carbons (Fsp3) is 0.400. The normalized spacial score (nSPS) is 15.4. The van der Waals surface area contributed by atoms with Gasteiger partial charge >= 0.3 is 0 Å². The summed E-state index contributed by atoms with van der Waals surface area (Å²) < 4.78 is 22.1. The summed E-state index contributed by atoms with van der Waals surface area (Å²) in [5.41, 5.74) is 3.06. The smallest absolute Gasteiger partial charge is 0.203 e. The van der Waals surface area contributed by atoms with Gasteiger partial charge in [-0.25, -0.2) is 0 Å². The average molecular weight is 344 g/mol. The lowest BCUT2D eigenvalue weighted by Gasteiger charge is -2.17. The second kappa shape index (κ2) is 7.13. The Bertz CT molecular complexity index is 744. The minimum atomic E-state index is 0.0555. The van der Waals surface area contributed by atoms with Crippen LogP contribution >= 0.6 is 0 Å². The van der Waals surface area contributed by atoms with Crippen molar-refractivity contribution in [3.05, 3.63) is 41.0 Å². The largest absolute Gasteiger partial charge is 0.508 e. The molecule has 1 aliphatic rings. The second-order valence-corrected chi connectivity index (χ2v) is 6.09. The minimum absolute atomic E-state index is 0.0555. The molecule has 0 saturated carbocycles. The lowest BCUT2D eigenvalue weighted by atomic mass is 9.90. The molecule has 2 aromatic rings. The first-order valence-corrected chi connectivity index (χ1v) is 8.41. The number of aromatic hydroxyl groups is 1. The van der Waals surface area contributed by atoms with Crippen molar-refractivity contribution in [1.82, 2.24) is 0 Å². The first kappa shape index (κ1) is 17.3. The first-order valence-electron chi connectivity index (χ1n) is 8.41. The molecule has 134 valence electrons. The van der Waals surface area contributed by atoms with E-state index in [4.69, 9.17) is 18.9 Å². The molecule has 1 heterocycles. The van der Waals surface area contributed by atoms with Gasteiger partial charge in [0.1, 0.15) is 11.5 Å². The van der Waals surface area contributed by atoms with Gasteiger partial charge in [0.15, 0.2) is 11.5 Å². The lowest BCUT2D eigenvalue weighted by Crippen LogP contribution is -2.05. The SMILES string of the molecule is CCCc1cc2c(cc1O)OCC2c1cc(OC)c(OC)c(OC)c1. The van der Waals surface area contributed by atoms with Crippen LogP contribution in [0.1, 0.15) is 36.0 Å². The lowest BCUT2D eigenvalue weighted by molar-refractivity contribution is 0.321. The van der Waals surface area contributed by atoms with E-state index in [0.717, 1.165) is 35.3 Å². The number of phenols is 1. The Hall–Kier alpha value is -2.56. The van der Waals surface area contributed by atoms with Gasteiger partial charge in [0.05, 0.1) is 27.9 Å². The summed E-state index contributed by atoms with van der Waals surface area (Å²) in [6, 6.07) is 7.68. The van der Waals surface area contributed by atoms with Crippen LogP contribution in [-0.2, 0) is 6.42 Å². The molecule has 3 rings (SSSR count). The summed E-state index contributed by atoms with van der Waals surface area (Å²) in [6.07, 6.45) is 1.81. The van der Waals surface area contributed by atoms with E-state index in [0.29, 0.717) is 29.6 Å². The van der Waals surface area contributed by atoms with Crippen LogP contribution in [0.3, 0.4) is 0 Å². The minimum Gasteiger partial charge on any atom is -0.508 e. The topological polar surface area (TPSA) is 57.2 Å². The zero-order chi connectivity index (χ0) is 18.0. The van der Waals surface area contributed by atoms with Gasteiger partial charge in [-0.1, -0.05) is 13.3 Å². The Morgan fingerprint density at radius 2 is 1.72 bits per heavy atom. The molecule has 0 aromatic heterocycles. The molecule has 2 aromatic carbocycles. The number of benzene rings is 2. The number of fused-ring (bicyclic) bond motifs is 1. The first-order chi connectivity index (χ1) is 12.1. The quantitative estimate of drug-likeness (QED) is 0.861. The highest BCUT2D eigenvalue weighted by Gasteiger charge is 2.29. The van der Waals surface area contributed by atoms with Gasteiger partial charge in [0, 0.05) is 17.5 Å². The molecule has 1 aliphatic heterocycles. The average Bonchev–Trinajstić information content (AvgIpc) is 3.03. The molecule has 5 heteroatoms. The van der Waals surface area contributed by atoms with Crippen molar-refractivity contribution in [1.29, 1.82) is 0 Å². The molecule has 0 amide bonds. The number of hydrogen-bond donors (Lipinski definition) is 1. The summed E-state index contributed by atoms with van der Waals surface area (Å²) in [7, 11) is 4.81. The van der Waals surface area contributed by atoms with Gasteiger partial charge in [-0.2, -0.15) is 0 Å². The summed E-state index contributed by atoms with van der Waals surface area (Å²) in [6.45, 7) is 2.61. The molecule has 0 spiro atoms. The third-order valence-corrected chi connectivity index (χ3v) is 4.60. The number of methoxy groups -OCH3 is 3. The van der Waals surface area contributed by atoms with Gasteiger partial charge in [0.2, 0.25) is 5.75 Å². The van der Waals surface area contributed by atoms with E-state index < -0.39 is 0 Å². The molecule has 0 aliphatic carbocycles. The number of aryl methyl sites for hydroxylation is 1. The maximum absolute atomic E-state index is 10.2. The van der Waals surface area contributed by atoms with Crippen LogP contribution in [0.4, 0.5) is 0 Å². The summed E-state index contributed by atoms with van der Waals surface area (Å²) in [5.74, 6) is 2.91. The Morgan fingerprint density at radius 1 is 1.04 bits per heavy atom. The molecule has 5 nitrogen and oxygen atoms in total. The van der Waals surface area contributed by atoms with Crippen LogP contribution in [0.15, 0.2) is 24.3 Å². The predicted octanol–water partition coefficient (Wildman–Crippen LogP) is 3.89. The summed E-state index contributed by atoms with van der Waals surface area (Å²) in [5, 5.41) is 10.2. The van der Waals surface area contributed by atoms with Gasteiger partial charge in [0.25, 0.3) is 0 Å². The van der Waals surface area contributed by atoms with Crippen molar-refractivity contribution in [2.45, 2.75) is 25.7 Å². The highest BCUT2D eigenvalue weighted by molar-refractivity contribution is 5.58. The van der Waals surface area contributed by atoms with Crippen molar-refractivity contribution < 1.29 is 24.1 Å². The fourth-order valence-electron chi connectivity index (χ4n) is 3.34. The van der Waals surface area contributed by atoms with Gasteiger partial charge in [-0.3, -0.25) is 0 Å². The van der Waals surface area contributed by atoms with E-state index in [1.165, 1.54) is 0 Å². The van der Waals surface area contributed by atoms with Gasteiger partial charge < -0.3 is 24.1 Å². The van der Waals surface area contributed by atoms with Crippen LogP contribution < -0.4 is 18.9 Å². The predicted molar refractivity (Wildman–Crippen MR) is 95.5 cm³/mol. The van der Waals surface area contributed by atoms with E-state index in [9.17, 15) is 5.11 Å². The Balaban J connectivity index is 2.07. The van der Waals surface area contributed by atoms with Crippen LogP contribution in [-0.4, -0.2) is 33.0 Å². The molecule has 0 saturated heterocycles. The Labute approximate surface area is 148 Å². The maximum atomic E-state index is 10.2. The van der Waals surface area contributed by atoms with E-state index in [2.05, 4.69) is 13.0 Å². The van der Waals surface area contributed by atoms with E-state index in [1.807, 2.05) is 12.1 Å². The van der Waals surface area contributed by atoms with Crippen LogP contribution in [0.2, 0.25) is 0 Å². The number of rotatable bonds is 6. The zero-order valence-electron chi connectivity index (χ0n) is 15.1.